The molecule has 118 valence electrons. The Morgan fingerprint density at radius 2 is 2.32 bits per heavy atom. The highest BCUT2D eigenvalue weighted by Gasteiger charge is 2.28. The molecule has 0 spiro atoms. The molecule has 1 saturated heterocycles. The number of hydrogen-bond donors (Lipinski definition) is 1. The number of aromatic nitrogens is 4. The van der Waals surface area contributed by atoms with Gasteiger partial charge in [-0.25, -0.2) is 4.68 Å². The van der Waals surface area contributed by atoms with Crippen molar-refractivity contribution in [3.63, 3.8) is 0 Å². The smallest absolute Gasteiger partial charge is 0.254 e. The van der Waals surface area contributed by atoms with E-state index in [0.29, 0.717) is 5.56 Å². The minimum absolute atomic E-state index is 0. The number of halogens is 1. The highest BCUT2D eigenvalue weighted by atomic mass is 35.5. The van der Waals surface area contributed by atoms with Crippen LogP contribution in [0.25, 0.3) is 5.69 Å². The monoisotopic (exact) mass is 322 g/mol. The van der Waals surface area contributed by atoms with Gasteiger partial charge in [0.2, 0.25) is 0 Å². The quantitative estimate of drug-likeness (QED) is 0.905. The van der Waals surface area contributed by atoms with Gasteiger partial charge in [0, 0.05) is 24.7 Å². The topological polar surface area (TPSA) is 75.9 Å². The fourth-order valence-electron chi connectivity index (χ4n) is 2.78. The Hall–Kier alpha value is -1.99. The van der Waals surface area contributed by atoms with Crippen molar-refractivity contribution in [2.45, 2.75) is 18.9 Å². The minimum Gasteiger partial charge on any atom is -0.334 e. The van der Waals surface area contributed by atoms with Crippen molar-refractivity contribution in [2.24, 2.45) is 0 Å². The Bertz CT molecular complexity index is 618. The Balaban J connectivity index is 0.00000176. The molecule has 0 bridgehead atoms. The number of rotatable bonds is 4. The van der Waals surface area contributed by atoms with Gasteiger partial charge in [-0.2, -0.15) is 0 Å². The third-order valence-electron chi connectivity index (χ3n) is 3.78. The van der Waals surface area contributed by atoms with Crippen LogP contribution in [0.15, 0.2) is 30.6 Å². The number of likely N-dealkylation sites (tertiary alicyclic amines) is 1. The average molecular weight is 323 g/mol. The number of benzene rings is 1. The number of hydrogen-bond acceptors (Lipinski definition) is 5. The maximum Gasteiger partial charge on any atom is 0.254 e. The molecule has 2 aromatic rings. The first-order valence-electron chi connectivity index (χ1n) is 7.08. The van der Waals surface area contributed by atoms with E-state index in [-0.39, 0.29) is 24.4 Å². The van der Waals surface area contributed by atoms with Gasteiger partial charge < -0.3 is 10.2 Å². The molecule has 1 aromatic heterocycles. The Morgan fingerprint density at radius 3 is 3.05 bits per heavy atom. The summed E-state index contributed by atoms with van der Waals surface area (Å²) >= 11 is 0. The standard InChI is InChI=1S/C14H18N6O.ClH/c1-15-9-13-6-3-7-19(13)14(21)11-4-2-5-12(8-11)20-10-16-17-18-20;/h2,4-5,8,10,13,15H,3,6-7,9H2,1H3;1H. The first-order chi connectivity index (χ1) is 10.3. The summed E-state index contributed by atoms with van der Waals surface area (Å²) in [4.78, 5) is 14.6. The van der Waals surface area contributed by atoms with E-state index in [1.54, 1.807) is 4.68 Å². The molecule has 7 nitrogen and oxygen atoms in total. The zero-order valence-corrected chi connectivity index (χ0v) is 13.2. The van der Waals surface area contributed by atoms with Crippen LogP contribution < -0.4 is 5.32 Å². The lowest BCUT2D eigenvalue weighted by atomic mass is 10.1. The van der Waals surface area contributed by atoms with Gasteiger partial charge >= 0.3 is 0 Å². The van der Waals surface area contributed by atoms with Crippen LogP contribution in [-0.2, 0) is 0 Å². The van der Waals surface area contributed by atoms with Gasteiger partial charge in [-0.3, -0.25) is 4.79 Å². The molecule has 1 amide bonds. The summed E-state index contributed by atoms with van der Waals surface area (Å²) in [5.41, 5.74) is 1.46. The van der Waals surface area contributed by atoms with E-state index in [0.717, 1.165) is 31.6 Å². The maximum absolute atomic E-state index is 12.7. The third-order valence-corrected chi connectivity index (χ3v) is 3.78. The fraction of sp³-hybridized carbons (Fsp3) is 0.429. The number of carbonyl (C=O) groups is 1. The molecule has 1 N–H and O–H groups in total. The van der Waals surface area contributed by atoms with E-state index in [9.17, 15) is 4.79 Å². The molecular formula is C14H19ClN6O. The van der Waals surface area contributed by atoms with E-state index >= 15 is 0 Å². The highest BCUT2D eigenvalue weighted by Crippen LogP contribution is 2.20. The van der Waals surface area contributed by atoms with Crippen molar-refractivity contribution in [3.05, 3.63) is 36.2 Å². The Kier molecular flexibility index (Phi) is 5.46. The summed E-state index contributed by atoms with van der Waals surface area (Å²) in [6.07, 6.45) is 3.63. The second-order valence-corrected chi connectivity index (χ2v) is 5.16. The number of amides is 1. The molecule has 0 saturated carbocycles. The van der Waals surface area contributed by atoms with Gasteiger partial charge in [-0.1, -0.05) is 6.07 Å². The molecule has 1 aromatic carbocycles. The van der Waals surface area contributed by atoms with E-state index < -0.39 is 0 Å². The summed E-state index contributed by atoms with van der Waals surface area (Å²) in [6.45, 7) is 1.65. The van der Waals surface area contributed by atoms with Gasteiger partial charge in [0.25, 0.3) is 5.91 Å². The largest absolute Gasteiger partial charge is 0.334 e. The molecule has 8 heteroatoms. The lowest BCUT2D eigenvalue weighted by molar-refractivity contribution is 0.0737. The van der Waals surface area contributed by atoms with E-state index in [1.807, 2.05) is 36.2 Å². The molecule has 2 heterocycles. The molecule has 1 aliphatic rings. The van der Waals surface area contributed by atoms with E-state index in [1.165, 1.54) is 6.33 Å². The number of tetrazole rings is 1. The van der Waals surface area contributed by atoms with Gasteiger partial charge in [0.05, 0.1) is 5.69 Å². The molecule has 0 aliphatic carbocycles. The van der Waals surface area contributed by atoms with Gasteiger partial charge in [-0.15, -0.1) is 17.5 Å². The van der Waals surface area contributed by atoms with Crippen LogP contribution in [0.2, 0.25) is 0 Å². The van der Waals surface area contributed by atoms with Crippen LogP contribution in [0.5, 0.6) is 0 Å². The summed E-state index contributed by atoms with van der Waals surface area (Å²) < 4.78 is 1.55. The number of nitrogens with zero attached hydrogens (tertiary/aromatic N) is 5. The SMILES string of the molecule is CNCC1CCCN1C(=O)c1cccc(-n2cnnn2)c1.Cl. The lowest BCUT2D eigenvalue weighted by Crippen LogP contribution is -2.40. The lowest BCUT2D eigenvalue weighted by Gasteiger charge is -2.24. The van der Waals surface area contributed by atoms with Gasteiger partial charge in [0.1, 0.15) is 6.33 Å². The van der Waals surface area contributed by atoms with Crippen LogP contribution in [0.1, 0.15) is 23.2 Å². The second kappa shape index (κ2) is 7.33. The summed E-state index contributed by atoms with van der Waals surface area (Å²) in [6, 6.07) is 7.67. The van der Waals surface area contributed by atoms with Crippen molar-refractivity contribution in [1.82, 2.24) is 30.4 Å². The first kappa shape index (κ1) is 16.4. The molecular weight excluding hydrogens is 304 g/mol. The molecule has 1 aliphatic heterocycles. The zero-order valence-electron chi connectivity index (χ0n) is 12.3. The van der Waals surface area contributed by atoms with Crippen molar-refractivity contribution in [3.8, 4) is 5.69 Å². The van der Waals surface area contributed by atoms with Crippen LogP contribution in [0.3, 0.4) is 0 Å². The van der Waals surface area contributed by atoms with Crippen LogP contribution in [0, 0.1) is 0 Å². The van der Waals surface area contributed by atoms with Crippen molar-refractivity contribution in [2.75, 3.05) is 20.1 Å². The maximum atomic E-state index is 12.7. The average Bonchev–Trinajstić information content (AvgIpc) is 3.18. The predicted octanol–water partition coefficient (Wildman–Crippen LogP) is 0.908. The van der Waals surface area contributed by atoms with Gasteiger partial charge in [-0.05, 0) is 48.5 Å². The third kappa shape index (κ3) is 3.26. The predicted molar refractivity (Wildman–Crippen MR) is 84.4 cm³/mol. The van der Waals surface area contributed by atoms with E-state index in [4.69, 9.17) is 0 Å². The second-order valence-electron chi connectivity index (χ2n) is 5.16. The van der Waals surface area contributed by atoms with Gasteiger partial charge in [0.15, 0.2) is 0 Å². The highest BCUT2D eigenvalue weighted by molar-refractivity contribution is 5.95. The molecule has 1 atom stereocenters. The Labute approximate surface area is 135 Å². The first-order valence-corrected chi connectivity index (χ1v) is 7.08. The zero-order chi connectivity index (χ0) is 14.7. The number of nitrogens with one attached hydrogen (secondary N) is 1. The molecule has 0 radical (unpaired) electrons. The van der Waals surface area contributed by atoms with Crippen molar-refractivity contribution in [1.29, 1.82) is 0 Å². The normalized spacial score (nSPS) is 17.3. The minimum atomic E-state index is 0. The number of carbonyl (C=O) groups excluding carboxylic acids is 1. The van der Waals surface area contributed by atoms with Crippen LogP contribution >= 0.6 is 12.4 Å². The summed E-state index contributed by atoms with van der Waals surface area (Å²) in [7, 11) is 1.92. The molecule has 1 fully saturated rings. The molecule has 22 heavy (non-hydrogen) atoms. The summed E-state index contributed by atoms with van der Waals surface area (Å²) in [5, 5.41) is 14.2. The summed E-state index contributed by atoms with van der Waals surface area (Å²) in [5.74, 6) is 0.0719. The Morgan fingerprint density at radius 1 is 1.45 bits per heavy atom. The van der Waals surface area contributed by atoms with Crippen molar-refractivity contribution >= 4 is 18.3 Å². The van der Waals surface area contributed by atoms with Crippen LogP contribution in [-0.4, -0.2) is 57.2 Å². The molecule has 1 unspecified atom stereocenters. The van der Waals surface area contributed by atoms with E-state index in [2.05, 4.69) is 20.8 Å². The number of likely N-dealkylation sites (N-methyl/N-ethyl adjacent to an activating group) is 1. The molecule has 3 rings (SSSR count). The fourth-order valence-corrected chi connectivity index (χ4v) is 2.78. The van der Waals surface area contributed by atoms with Crippen LogP contribution in [0.4, 0.5) is 0 Å². The van der Waals surface area contributed by atoms with Crippen molar-refractivity contribution < 1.29 is 4.79 Å².